The second kappa shape index (κ2) is 6.59. The summed E-state index contributed by atoms with van der Waals surface area (Å²) in [7, 11) is 0. The number of hydrogen-bond donors (Lipinski definition) is 0. The quantitative estimate of drug-likeness (QED) is 0.600. The van der Waals surface area contributed by atoms with E-state index in [0.29, 0.717) is 12.0 Å². The summed E-state index contributed by atoms with van der Waals surface area (Å²) in [6.45, 7) is 8.74. The molecule has 1 aromatic carbocycles. The third kappa shape index (κ3) is 3.32. The zero-order valence-electron chi connectivity index (χ0n) is 14.0. The fourth-order valence-corrected chi connectivity index (χ4v) is 3.58. The molecule has 0 N–H and O–H groups in total. The van der Waals surface area contributed by atoms with E-state index in [-0.39, 0.29) is 0 Å². The first-order valence-electron chi connectivity index (χ1n) is 7.95. The Hall–Kier alpha value is -2.07. The van der Waals surface area contributed by atoms with Crippen LogP contribution in [0.5, 0.6) is 0 Å². The summed E-state index contributed by atoms with van der Waals surface area (Å²) < 4.78 is 7.78. The first kappa shape index (κ1) is 15.8. The van der Waals surface area contributed by atoms with Gasteiger partial charge >= 0.3 is 0 Å². The minimum atomic E-state index is 0.315. The molecule has 0 aliphatic heterocycles. The van der Waals surface area contributed by atoms with Gasteiger partial charge in [0, 0.05) is 11.4 Å². The van der Waals surface area contributed by atoms with Crippen LogP contribution >= 0.6 is 11.3 Å². The van der Waals surface area contributed by atoms with Crippen molar-refractivity contribution in [2.75, 3.05) is 0 Å². The van der Waals surface area contributed by atoms with Crippen LogP contribution in [0, 0.1) is 0 Å². The van der Waals surface area contributed by atoms with Gasteiger partial charge in [0.2, 0.25) is 0 Å². The van der Waals surface area contributed by atoms with Gasteiger partial charge in [0.05, 0.1) is 17.6 Å². The largest absolute Gasteiger partial charge is 0.463 e. The maximum Gasteiger partial charge on any atom is 0.190 e. The molecule has 3 nitrogen and oxygen atoms in total. The van der Waals surface area contributed by atoms with Gasteiger partial charge in [-0.15, -0.1) is 11.3 Å². The Labute approximate surface area is 140 Å². The molecule has 0 saturated carbocycles. The van der Waals surface area contributed by atoms with Crippen molar-refractivity contribution in [3.63, 3.8) is 0 Å². The highest BCUT2D eigenvalue weighted by Gasteiger charge is 2.12. The maximum atomic E-state index is 5.56. The summed E-state index contributed by atoms with van der Waals surface area (Å²) in [4.78, 5) is 5.82. The van der Waals surface area contributed by atoms with Crippen molar-refractivity contribution < 1.29 is 4.42 Å². The van der Waals surface area contributed by atoms with E-state index in [2.05, 4.69) is 61.9 Å². The lowest BCUT2D eigenvalue weighted by Gasteiger charge is -2.11. The van der Waals surface area contributed by atoms with Crippen molar-refractivity contribution in [1.82, 2.24) is 4.57 Å². The zero-order chi connectivity index (χ0) is 16.4. The number of thiazole rings is 1. The Bertz CT molecular complexity index is 821. The molecule has 0 aliphatic rings. The van der Waals surface area contributed by atoms with Crippen molar-refractivity contribution in [2.45, 2.75) is 39.7 Å². The van der Waals surface area contributed by atoms with Gasteiger partial charge in [0.15, 0.2) is 10.6 Å². The molecule has 0 fully saturated rings. The van der Waals surface area contributed by atoms with Crippen molar-refractivity contribution in [2.24, 2.45) is 4.99 Å². The molecule has 3 aromatic rings. The molecule has 2 aromatic heterocycles. The monoisotopic (exact) mass is 326 g/mol. The summed E-state index contributed by atoms with van der Waals surface area (Å²) in [5.41, 5.74) is 3.40. The van der Waals surface area contributed by atoms with E-state index in [4.69, 9.17) is 9.41 Å². The van der Waals surface area contributed by atoms with Gasteiger partial charge in [-0.25, -0.2) is 4.99 Å². The normalized spacial score (nSPS) is 12.5. The molecule has 0 spiro atoms. The van der Waals surface area contributed by atoms with E-state index in [9.17, 15) is 0 Å². The predicted octanol–water partition coefficient (Wildman–Crippen LogP) is 5.75. The maximum absolute atomic E-state index is 5.56. The lowest BCUT2D eigenvalue weighted by molar-refractivity contribution is 0.548. The van der Waals surface area contributed by atoms with Crippen LogP contribution < -0.4 is 4.80 Å². The van der Waals surface area contributed by atoms with Crippen molar-refractivity contribution in [3.05, 3.63) is 58.4 Å². The van der Waals surface area contributed by atoms with Crippen LogP contribution in [-0.2, 0) is 0 Å². The minimum Gasteiger partial charge on any atom is -0.463 e. The average Bonchev–Trinajstić information content (AvgIpc) is 3.16. The summed E-state index contributed by atoms with van der Waals surface area (Å²) in [5.74, 6) is 1.42. The van der Waals surface area contributed by atoms with Crippen LogP contribution in [0.1, 0.15) is 45.2 Å². The molecule has 0 radical (unpaired) electrons. The molecule has 2 heterocycles. The van der Waals surface area contributed by atoms with E-state index in [1.54, 1.807) is 17.6 Å². The topological polar surface area (TPSA) is 30.4 Å². The molecule has 3 rings (SSSR count). The Balaban J connectivity index is 2.05. The standard InChI is InChI=1S/C19H22N2OS/c1-13(2)15-7-9-16(10-8-15)20-19-21(14(3)4)17(12-23-19)18-6-5-11-22-18/h5-14H,1-4H3. The van der Waals surface area contributed by atoms with Crippen LogP contribution in [-0.4, -0.2) is 4.57 Å². The van der Waals surface area contributed by atoms with Crippen LogP contribution in [0.15, 0.2) is 57.5 Å². The summed E-state index contributed by atoms with van der Waals surface area (Å²) in [5, 5.41) is 2.11. The highest BCUT2D eigenvalue weighted by molar-refractivity contribution is 7.07. The molecular formula is C19H22N2OS. The number of aromatic nitrogens is 1. The fourth-order valence-electron chi connectivity index (χ4n) is 2.55. The summed E-state index contributed by atoms with van der Waals surface area (Å²) in [6.07, 6.45) is 1.71. The minimum absolute atomic E-state index is 0.315. The molecule has 0 saturated heterocycles. The Kier molecular flexibility index (Phi) is 4.53. The van der Waals surface area contributed by atoms with Crippen LogP contribution in [0.4, 0.5) is 5.69 Å². The molecule has 4 heteroatoms. The van der Waals surface area contributed by atoms with Gasteiger partial charge in [-0.1, -0.05) is 26.0 Å². The second-order valence-electron chi connectivity index (χ2n) is 6.20. The van der Waals surface area contributed by atoms with Gasteiger partial charge in [-0.2, -0.15) is 0 Å². The van der Waals surface area contributed by atoms with E-state index >= 15 is 0 Å². The number of furan rings is 1. The van der Waals surface area contributed by atoms with E-state index < -0.39 is 0 Å². The fraction of sp³-hybridized carbons (Fsp3) is 0.316. The first-order chi connectivity index (χ1) is 11.1. The molecule has 0 unspecified atom stereocenters. The molecule has 0 aliphatic carbocycles. The molecule has 0 bridgehead atoms. The SMILES string of the molecule is CC(C)c1ccc(N=c2scc(-c3ccco3)n2C(C)C)cc1. The Morgan fingerprint density at radius 1 is 1.04 bits per heavy atom. The molecule has 0 amide bonds. The summed E-state index contributed by atoms with van der Waals surface area (Å²) in [6, 6.07) is 12.7. The van der Waals surface area contributed by atoms with Crippen LogP contribution in [0.25, 0.3) is 11.5 Å². The first-order valence-corrected chi connectivity index (χ1v) is 8.83. The molecule has 23 heavy (non-hydrogen) atoms. The molecule has 0 atom stereocenters. The van der Waals surface area contributed by atoms with Gasteiger partial charge in [-0.05, 0) is 49.6 Å². The highest BCUT2D eigenvalue weighted by atomic mass is 32.1. The third-order valence-electron chi connectivity index (χ3n) is 3.82. The van der Waals surface area contributed by atoms with Gasteiger partial charge in [0.1, 0.15) is 0 Å². The van der Waals surface area contributed by atoms with Crippen molar-refractivity contribution >= 4 is 17.0 Å². The van der Waals surface area contributed by atoms with Gasteiger partial charge < -0.3 is 8.98 Å². The number of hydrogen-bond acceptors (Lipinski definition) is 3. The van der Waals surface area contributed by atoms with Crippen LogP contribution in [0.2, 0.25) is 0 Å². The van der Waals surface area contributed by atoms with Gasteiger partial charge in [-0.3, -0.25) is 0 Å². The van der Waals surface area contributed by atoms with Crippen LogP contribution in [0.3, 0.4) is 0 Å². The third-order valence-corrected chi connectivity index (χ3v) is 4.66. The van der Waals surface area contributed by atoms with E-state index in [1.165, 1.54) is 5.56 Å². The zero-order valence-corrected chi connectivity index (χ0v) is 14.8. The van der Waals surface area contributed by atoms with Crippen molar-refractivity contribution in [3.8, 4) is 11.5 Å². The number of rotatable bonds is 4. The summed E-state index contributed by atoms with van der Waals surface area (Å²) >= 11 is 1.64. The highest BCUT2D eigenvalue weighted by Crippen LogP contribution is 2.24. The van der Waals surface area contributed by atoms with E-state index in [0.717, 1.165) is 21.9 Å². The van der Waals surface area contributed by atoms with E-state index in [1.807, 2.05) is 12.1 Å². The number of benzene rings is 1. The smallest absolute Gasteiger partial charge is 0.190 e. The van der Waals surface area contributed by atoms with Gasteiger partial charge in [0.25, 0.3) is 0 Å². The Morgan fingerprint density at radius 3 is 2.35 bits per heavy atom. The Morgan fingerprint density at radius 2 is 1.78 bits per heavy atom. The lowest BCUT2D eigenvalue weighted by Crippen LogP contribution is -2.17. The number of nitrogens with zero attached hydrogens (tertiary/aromatic N) is 2. The molecular weight excluding hydrogens is 304 g/mol. The van der Waals surface area contributed by atoms with Crippen molar-refractivity contribution in [1.29, 1.82) is 0 Å². The lowest BCUT2D eigenvalue weighted by atomic mass is 10.0. The average molecular weight is 326 g/mol. The second-order valence-corrected chi connectivity index (χ2v) is 7.04. The molecule has 120 valence electrons. The predicted molar refractivity (Wildman–Crippen MR) is 96.2 cm³/mol.